The van der Waals surface area contributed by atoms with Crippen LogP contribution in [0.4, 0.5) is 4.79 Å². The molecule has 12 N–H and O–H groups in total. The molecular weight excluding hydrogens is 1130 g/mol. The fourth-order valence-electron chi connectivity index (χ4n) is 14.0. The van der Waals surface area contributed by atoms with E-state index < -0.39 is 71.1 Å². The van der Waals surface area contributed by atoms with Crippen LogP contribution in [0, 0.1) is 57.2 Å². The number of aliphatic hydroxyl groups excluding tert-OH is 2. The van der Waals surface area contributed by atoms with Crippen molar-refractivity contribution in [2.75, 3.05) is 37.1 Å². The lowest BCUT2D eigenvalue weighted by Gasteiger charge is -2.40. The lowest BCUT2D eigenvalue weighted by molar-refractivity contribution is -0.144. The standard InChI is InChI=1S/C30H51N5O5S.C21H36N4O4.C9H15NOS.CH4.ClH/c1-28(2,3)23(33-27(40)34-30(16-41-6)12-8-7-9-13-30)26(39)35-15-18-20(29(18,4)5)21(35)25(38)32-19(14-17-10-11-17)22(36)24(31)37;1-20(2,3)16(22)19(29)25-9-11-13(21(11,4)5)14(25)18(28)24-12(8-10-6-7-10)15(26)17(23)27;1-12-7-9(10-8-11)5-3-2-4-6-9;;/h17-23,36H,7-16H2,1-6H3,(H2,31,37)(H,32,38)(H2,33,34,40);10-16,26H,6-9,22H2,1-5H3,(H2,23,27)(H,24,28);2-7H2,1H3;1H4;1H/t18?,19?,20-,21-,22?,23+;11?,12?,13-,14-,15?,16+;;;/m00.../s1. The molecule has 6 unspecified atom stereocenters. The molecule has 8 amide bonds. The van der Waals surface area contributed by atoms with E-state index in [-0.39, 0.29) is 95.1 Å². The molecule has 2 heterocycles. The van der Waals surface area contributed by atoms with Crippen LogP contribution < -0.4 is 38.5 Å². The third kappa shape index (κ3) is 17.6. The lowest BCUT2D eigenvalue weighted by atomic mass is 9.83. The van der Waals surface area contributed by atoms with Gasteiger partial charge in [0.05, 0.1) is 29.2 Å². The van der Waals surface area contributed by atoms with Crippen molar-refractivity contribution in [3.8, 4) is 0 Å². The Bertz CT molecular complexity index is 2350. The maximum atomic E-state index is 14.2. The largest absolute Gasteiger partial charge is 0.381 e. The average Bonchev–Trinajstić information content (AvgIpc) is 2.20. The minimum atomic E-state index is -1.49. The number of likely N-dealkylation sites (tertiary alicyclic amines) is 2. The van der Waals surface area contributed by atoms with Gasteiger partial charge in [-0.1, -0.05) is 141 Å². The van der Waals surface area contributed by atoms with Crippen LogP contribution in [0.3, 0.4) is 0 Å². The monoisotopic (exact) mass is 1240 g/mol. The number of aliphatic imine (C=N–C) groups is 1. The van der Waals surface area contributed by atoms with Gasteiger partial charge in [-0.05, 0) is 108 Å². The number of nitrogens with zero attached hydrogens (tertiary/aromatic N) is 3. The van der Waals surface area contributed by atoms with Crippen molar-refractivity contribution in [3.63, 3.8) is 0 Å². The van der Waals surface area contributed by atoms with Crippen LogP contribution >= 0.6 is 35.9 Å². The number of nitrogens with one attached hydrogen (secondary N) is 4. The summed E-state index contributed by atoms with van der Waals surface area (Å²) in [6, 6.07) is -4.83. The number of nitrogens with two attached hydrogens (primary N) is 3. The highest BCUT2D eigenvalue weighted by atomic mass is 35.5. The van der Waals surface area contributed by atoms with Gasteiger partial charge >= 0.3 is 6.03 Å². The number of urea groups is 1. The summed E-state index contributed by atoms with van der Waals surface area (Å²) in [6.07, 6.45) is 18.9. The predicted octanol–water partition coefficient (Wildman–Crippen LogP) is 5.80. The normalized spacial score (nSPS) is 27.7. The van der Waals surface area contributed by atoms with E-state index in [9.17, 15) is 48.6 Å². The molecule has 0 aromatic carbocycles. The van der Waals surface area contributed by atoms with Crippen LogP contribution in [-0.2, 0) is 33.6 Å². The molecule has 12 atom stereocenters. The molecule has 0 aromatic rings. The van der Waals surface area contributed by atoms with E-state index >= 15 is 0 Å². The van der Waals surface area contributed by atoms with E-state index in [2.05, 4.69) is 60.2 Å². The number of thioether (sulfide) groups is 2. The maximum Gasteiger partial charge on any atom is 0.315 e. The first kappa shape index (κ1) is 72.8. The first-order valence-corrected chi connectivity index (χ1v) is 33.1. The van der Waals surface area contributed by atoms with Crippen LogP contribution in [-0.4, -0.2) is 164 Å². The Morgan fingerprint density at radius 3 is 1.40 bits per heavy atom. The number of primary amides is 2. The van der Waals surface area contributed by atoms with Gasteiger partial charge in [0.2, 0.25) is 41.5 Å². The van der Waals surface area contributed by atoms with E-state index in [1.54, 1.807) is 39.4 Å². The third-order valence-corrected chi connectivity index (χ3v) is 21.4. The molecule has 20 nitrogen and oxygen atoms in total. The SMILES string of the molecule is C.CC(C)(C)[C@H](N)C(=O)N1CC2[C@@H]([C@H]1C(=O)NC(CC1CC1)C(O)C(N)=O)C2(C)C.CSCC1(N=C=O)CCCCC1.CSCC1(NC(=O)N[C@H](C(=O)N2CC3[C@@H]([C@H]2C(=O)NC(CC2CC2)C(O)C(N)=O)C3(C)C)C(C)(C)C)CCCCC1.Cl. The molecule has 23 heteroatoms. The second-order valence-corrected chi connectivity index (χ2v) is 30.7. The van der Waals surface area contributed by atoms with E-state index in [0.29, 0.717) is 37.8 Å². The second kappa shape index (κ2) is 29.1. The molecule has 8 rings (SSSR count). The van der Waals surface area contributed by atoms with Crippen molar-refractivity contribution in [1.29, 1.82) is 0 Å². The van der Waals surface area contributed by atoms with Gasteiger partial charge in [-0.3, -0.25) is 28.8 Å². The number of carbonyl (C=O) groups is 7. The molecule has 0 spiro atoms. The minimum absolute atomic E-state index is 0. The number of fused-ring (bicyclic) bond motifs is 2. The first-order chi connectivity index (χ1) is 38.2. The average molecular weight is 1240 g/mol. The molecule has 2 saturated heterocycles. The molecule has 0 bridgehead atoms. The van der Waals surface area contributed by atoms with Gasteiger partial charge in [0.1, 0.15) is 18.1 Å². The molecule has 2 aliphatic heterocycles. The summed E-state index contributed by atoms with van der Waals surface area (Å²) in [6.45, 7) is 20.8. The summed E-state index contributed by atoms with van der Waals surface area (Å²) in [5, 5.41) is 32.7. The summed E-state index contributed by atoms with van der Waals surface area (Å²) >= 11 is 3.49. The number of piperidine rings is 2. The van der Waals surface area contributed by atoms with Crippen molar-refractivity contribution in [2.45, 2.75) is 239 Å². The maximum absolute atomic E-state index is 14.2. The van der Waals surface area contributed by atoms with Crippen molar-refractivity contribution in [2.24, 2.45) is 79.4 Å². The Balaban J connectivity index is 0.000000305. The summed E-state index contributed by atoms with van der Waals surface area (Å²) in [4.78, 5) is 109. The van der Waals surface area contributed by atoms with Crippen molar-refractivity contribution < 1.29 is 48.6 Å². The van der Waals surface area contributed by atoms with E-state index in [4.69, 9.17) is 17.2 Å². The number of aliphatic hydroxyl groups is 2. The third-order valence-electron chi connectivity index (χ3n) is 19.8. The molecule has 0 aromatic heterocycles. The Morgan fingerprint density at radius 2 is 1.05 bits per heavy atom. The van der Waals surface area contributed by atoms with Gasteiger partial charge in [0.15, 0.2) is 12.2 Å². The number of halogens is 1. The highest BCUT2D eigenvalue weighted by Crippen LogP contribution is 2.66. The van der Waals surface area contributed by atoms with Crippen LogP contribution in [0.15, 0.2) is 4.99 Å². The second-order valence-electron chi connectivity index (χ2n) is 29.0. The number of hydrogen-bond donors (Lipinski definition) is 9. The van der Waals surface area contributed by atoms with Crippen LogP contribution in [0.5, 0.6) is 0 Å². The number of hydrogen-bond acceptors (Lipinski definition) is 14. The van der Waals surface area contributed by atoms with Crippen LogP contribution in [0.25, 0.3) is 0 Å². The molecule has 6 aliphatic carbocycles. The summed E-state index contributed by atoms with van der Waals surface area (Å²) in [5.74, 6) is -0.0122. The topological polar surface area (TPSA) is 322 Å². The highest BCUT2D eigenvalue weighted by Gasteiger charge is 2.71. The number of carbonyl (C=O) groups excluding carboxylic acids is 8. The van der Waals surface area contributed by atoms with Crippen molar-refractivity contribution in [1.82, 2.24) is 31.1 Å². The lowest BCUT2D eigenvalue weighted by Crippen LogP contribution is -2.63. The molecular formula is C61H107ClN10O10S2. The molecule has 6 saturated carbocycles. The summed E-state index contributed by atoms with van der Waals surface area (Å²) < 4.78 is 0. The zero-order valence-corrected chi connectivity index (χ0v) is 54.1. The Morgan fingerprint density at radius 1 is 0.643 bits per heavy atom. The molecule has 480 valence electrons. The zero-order chi connectivity index (χ0) is 61.1. The Kier molecular flexibility index (Phi) is 25.2. The van der Waals surface area contributed by atoms with Crippen LogP contribution in [0.1, 0.15) is 179 Å². The fourth-order valence-corrected chi connectivity index (χ4v) is 15.8. The zero-order valence-electron chi connectivity index (χ0n) is 51.7. The molecule has 8 fully saturated rings. The Labute approximate surface area is 516 Å². The number of amides is 8. The summed E-state index contributed by atoms with van der Waals surface area (Å²) in [7, 11) is 0. The van der Waals surface area contributed by atoms with Gasteiger partial charge < -0.3 is 58.5 Å². The summed E-state index contributed by atoms with van der Waals surface area (Å²) in [5.41, 5.74) is 15.4. The van der Waals surface area contributed by atoms with Crippen molar-refractivity contribution in [3.05, 3.63) is 0 Å². The Hall–Kier alpha value is -3.66. The van der Waals surface area contributed by atoms with Gasteiger partial charge in [-0.2, -0.15) is 28.5 Å². The van der Waals surface area contributed by atoms with Gasteiger partial charge in [0, 0.05) is 24.6 Å². The van der Waals surface area contributed by atoms with Gasteiger partial charge in [-0.25, -0.2) is 9.59 Å². The minimum Gasteiger partial charge on any atom is -0.381 e. The smallest absolute Gasteiger partial charge is 0.315 e. The quantitative estimate of drug-likeness (QED) is 0.0485. The number of isocyanates is 1. The van der Waals surface area contributed by atoms with E-state index in [1.165, 1.54) is 19.3 Å². The number of rotatable bonds is 21. The van der Waals surface area contributed by atoms with Gasteiger partial charge in [0.25, 0.3) is 0 Å². The van der Waals surface area contributed by atoms with E-state index in [0.717, 1.165) is 82.1 Å². The van der Waals surface area contributed by atoms with Crippen molar-refractivity contribution >= 4 is 83.5 Å². The van der Waals surface area contributed by atoms with Crippen LogP contribution in [0.2, 0.25) is 0 Å². The molecule has 8 aliphatic rings. The van der Waals surface area contributed by atoms with Gasteiger partial charge in [-0.15, -0.1) is 12.4 Å². The highest BCUT2D eigenvalue weighted by molar-refractivity contribution is 7.98. The first-order valence-electron chi connectivity index (χ1n) is 30.3. The molecule has 0 radical (unpaired) electrons. The predicted molar refractivity (Wildman–Crippen MR) is 334 cm³/mol. The molecule has 84 heavy (non-hydrogen) atoms. The van der Waals surface area contributed by atoms with E-state index in [1.807, 2.05) is 47.8 Å². The fraction of sp³-hybridized carbons (Fsp3) is 0.869.